The molecular weight excluding hydrogens is 232 g/mol. The lowest BCUT2D eigenvalue weighted by molar-refractivity contribution is -0.0760. The molecule has 2 aromatic heterocycles. The summed E-state index contributed by atoms with van der Waals surface area (Å²) in [5.41, 5.74) is 2.53. The van der Waals surface area contributed by atoms with Gasteiger partial charge in [-0.05, 0) is 26.0 Å². The zero-order valence-electron chi connectivity index (χ0n) is 10.9. The van der Waals surface area contributed by atoms with Gasteiger partial charge in [-0.15, -0.1) is 0 Å². The van der Waals surface area contributed by atoms with Crippen molar-refractivity contribution in [3.05, 3.63) is 35.3 Å². The monoisotopic (exact) mass is 248 g/mol. The van der Waals surface area contributed by atoms with E-state index in [9.17, 15) is 4.79 Å². The van der Waals surface area contributed by atoms with Crippen LogP contribution in [0.5, 0.6) is 0 Å². The predicted molar refractivity (Wildman–Crippen MR) is 66.5 cm³/mol. The number of nitrogens with zero attached hydrogens (tertiary/aromatic N) is 3. The molecule has 2 aromatic rings. The number of carbonyl (C=O) groups excluding carboxylic acids is 1. The summed E-state index contributed by atoms with van der Waals surface area (Å²) < 4.78 is 1.97. The zero-order valence-corrected chi connectivity index (χ0v) is 10.9. The molecule has 0 atom stereocenters. The van der Waals surface area contributed by atoms with Gasteiger partial charge < -0.3 is 4.57 Å². The first-order chi connectivity index (χ1) is 8.54. The smallest absolute Gasteiger partial charge is 0.295 e. The number of amides is 1. The average molecular weight is 248 g/mol. The molecule has 0 fully saturated rings. The molecule has 0 aromatic carbocycles. The molecule has 0 spiro atoms. The van der Waals surface area contributed by atoms with E-state index in [1.165, 1.54) is 7.11 Å². The summed E-state index contributed by atoms with van der Waals surface area (Å²) in [6.45, 7) is 3.98. The second-order valence-corrected chi connectivity index (χ2v) is 4.08. The Morgan fingerprint density at radius 1 is 1.39 bits per heavy atom. The lowest BCUT2D eigenvalue weighted by Crippen LogP contribution is -2.25. The van der Waals surface area contributed by atoms with E-state index in [0.717, 1.165) is 16.5 Å². The van der Waals surface area contributed by atoms with Gasteiger partial charge in [-0.3, -0.25) is 14.7 Å². The number of nitrogens with one attached hydrogen (secondary N) is 1. The Hall–Kier alpha value is -2.08. The van der Waals surface area contributed by atoms with Crippen molar-refractivity contribution in [2.45, 2.75) is 13.8 Å². The van der Waals surface area contributed by atoms with E-state index in [1.807, 2.05) is 30.5 Å². The fraction of sp³-hybridized carbons (Fsp3) is 0.333. The summed E-state index contributed by atoms with van der Waals surface area (Å²) in [6, 6.07) is 5.72. The minimum atomic E-state index is -0.265. The summed E-state index contributed by atoms with van der Waals surface area (Å²) in [6.07, 6.45) is 0. The fourth-order valence-corrected chi connectivity index (χ4v) is 1.82. The minimum absolute atomic E-state index is 0.265. The van der Waals surface area contributed by atoms with E-state index in [0.29, 0.717) is 11.5 Å². The first kappa shape index (κ1) is 12.4. The van der Waals surface area contributed by atoms with E-state index in [4.69, 9.17) is 4.84 Å². The molecule has 0 aliphatic heterocycles. The molecule has 2 heterocycles. The van der Waals surface area contributed by atoms with Crippen LogP contribution in [0.25, 0.3) is 5.82 Å². The largest absolute Gasteiger partial charge is 0.302 e. The van der Waals surface area contributed by atoms with Crippen LogP contribution < -0.4 is 0 Å². The van der Waals surface area contributed by atoms with Crippen molar-refractivity contribution in [3.8, 4) is 5.82 Å². The first-order valence-corrected chi connectivity index (χ1v) is 5.57. The number of aromatic amines is 1. The van der Waals surface area contributed by atoms with Gasteiger partial charge in [-0.2, -0.15) is 5.10 Å². The summed E-state index contributed by atoms with van der Waals surface area (Å²) in [4.78, 5) is 16.7. The topological polar surface area (TPSA) is 63.1 Å². The molecule has 0 unspecified atom stereocenters. The van der Waals surface area contributed by atoms with Gasteiger partial charge in [0, 0.05) is 24.5 Å². The van der Waals surface area contributed by atoms with Crippen molar-refractivity contribution < 1.29 is 9.63 Å². The van der Waals surface area contributed by atoms with Crippen molar-refractivity contribution in [2.75, 3.05) is 14.2 Å². The number of H-pyrrole nitrogens is 1. The van der Waals surface area contributed by atoms with Crippen LogP contribution in [-0.4, -0.2) is 39.9 Å². The third-order valence-corrected chi connectivity index (χ3v) is 2.85. The molecule has 0 saturated carbocycles. The van der Waals surface area contributed by atoms with E-state index in [-0.39, 0.29) is 5.91 Å². The summed E-state index contributed by atoms with van der Waals surface area (Å²) in [7, 11) is 2.99. The Labute approximate surface area is 105 Å². The summed E-state index contributed by atoms with van der Waals surface area (Å²) in [5, 5.41) is 8.02. The van der Waals surface area contributed by atoms with Gasteiger partial charge in [0.2, 0.25) is 0 Å². The molecule has 0 radical (unpaired) electrons. The highest BCUT2D eigenvalue weighted by Crippen LogP contribution is 2.15. The number of hydrogen-bond donors (Lipinski definition) is 1. The van der Waals surface area contributed by atoms with Crippen LogP contribution in [0.3, 0.4) is 0 Å². The predicted octanol–water partition coefficient (Wildman–Crippen LogP) is 1.45. The van der Waals surface area contributed by atoms with Crippen LogP contribution in [0.2, 0.25) is 0 Å². The van der Waals surface area contributed by atoms with Gasteiger partial charge in [0.25, 0.3) is 5.91 Å². The number of carbonyl (C=O) groups is 1. The Morgan fingerprint density at radius 3 is 2.56 bits per heavy atom. The quantitative estimate of drug-likeness (QED) is 0.836. The summed E-state index contributed by atoms with van der Waals surface area (Å²) >= 11 is 0. The van der Waals surface area contributed by atoms with Crippen molar-refractivity contribution in [3.63, 3.8) is 0 Å². The fourth-order valence-electron chi connectivity index (χ4n) is 1.82. The van der Waals surface area contributed by atoms with Crippen molar-refractivity contribution >= 4 is 5.91 Å². The first-order valence-electron chi connectivity index (χ1n) is 5.57. The molecule has 1 amide bonds. The Kier molecular flexibility index (Phi) is 3.20. The molecule has 6 nitrogen and oxygen atoms in total. The van der Waals surface area contributed by atoms with Gasteiger partial charge in [0.15, 0.2) is 5.82 Å². The molecule has 0 aliphatic rings. The molecule has 6 heteroatoms. The molecule has 18 heavy (non-hydrogen) atoms. The molecule has 0 aliphatic carbocycles. The Bertz CT molecular complexity index is 551. The lowest BCUT2D eigenvalue weighted by atomic mass is 10.4. The van der Waals surface area contributed by atoms with Crippen LogP contribution in [0.4, 0.5) is 0 Å². The van der Waals surface area contributed by atoms with Gasteiger partial charge in [0.1, 0.15) is 5.69 Å². The highest BCUT2D eigenvalue weighted by atomic mass is 16.7. The Balaban J connectivity index is 2.34. The Morgan fingerprint density at radius 2 is 2.00 bits per heavy atom. The van der Waals surface area contributed by atoms with Crippen LogP contribution in [0, 0.1) is 13.8 Å². The molecule has 1 N–H and O–H groups in total. The number of rotatable bonds is 3. The van der Waals surface area contributed by atoms with Gasteiger partial charge in [-0.25, -0.2) is 5.06 Å². The van der Waals surface area contributed by atoms with Crippen LogP contribution >= 0.6 is 0 Å². The van der Waals surface area contributed by atoms with E-state index in [2.05, 4.69) is 10.2 Å². The normalized spacial score (nSPS) is 10.7. The zero-order chi connectivity index (χ0) is 13.3. The number of aryl methyl sites for hydroxylation is 2. The molecule has 96 valence electrons. The third kappa shape index (κ3) is 2.02. The van der Waals surface area contributed by atoms with E-state index >= 15 is 0 Å². The second kappa shape index (κ2) is 4.66. The second-order valence-electron chi connectivity index (χ2n) is 4.08. The number of aromatic nitrogens is 3. The van der Waals surface area contributed by atoms with Gasteiger partial charge in [-0.1, -0.05) is 0 Å². The van der Waals surface area contributed by atoms with Crippen molar-refractivity contribution in [1.29, 1.82) is 0 Å². The third-order valence-electron chi connectivity index (χ3n) is 2.85. The number of hydroxylamine groups is 2. The summed E-state index contributed by atoms with van der Waals surface area (Å²) in [5.74, 6) is 0.432. The van der Waals surface area contributed by atoms with Crippen molar-refractivity contribution in [1.82, 2.24) is 19.8 Å². The SMILES string of the molecule is CON(C)C(=O)c1cc(-n2c(C)ccc2C)n[nH]1. The molecule has 0 saturated heterocycles. The lowest BCUT2D eigenvalue weighted by Gasteiger charge is -2.11. The van der Waals surface area contributed by atoms with Crippen LogP contribution in [0.15, 0.2) is 18.2 Å². The van der Waals surface area contributed by atoms with Crippen molar-refractivity contribution in [2.24, 2.45) is 0 Å². The van der Waals surface area contributed by atoms with Crippen LogP contribution in [0.1, 0.15) is 21.9 Å². The van der Waals surface area contributed by atoms with Gasteiger partial charge in [0.05, 0.1) is 7.11 Å². The average Bonchev–Trinajstić information content (AvgIpc) is 2.94. The number of hydrogen-bond acceptors (Lipinski definition) is 3. The molecule has 2 rings (SSSR count). The molecular formula is C12H16N4O2. The highest BCUT2D eigenvalue weighted by molar-refractivity contribution is 5.91. The van der Waals surface area contributed by atoms with E-state index in [1.54, 1.807) is 13.1 Å². The maximum Gasteiger partial charge on any atom is 0.295 e. The minimum Gasteiger partial charge on any atom is -0.302 e. The van der Waals surface area contributed by atoms with Gasteiger partial charge >= 0.3 is 0 Å². The van der Waals surface area contributed by atoms with Crippen LogP contribution in [-0.2, 0) is 4.84 Å². The maximum absolute atomic E-state index is 11.8. The molecule has 0 bridgehead atoms. The highest BCUT2D eigenvalue weighted by Gasteiger charge is 2.16. The standard InChI is InChI=1S/C12H16N4O2/c1-8-5-6-9(2)16(8)11-7-10(13-14-11)12(17)15(3)18-4/h5-7H,1-4H3,(H,13,14). The van der Waals surface area contributed by atoms with E-state index < -0.39 is 0 Å². The maximum atomic E-state index is 11.8.